The van der Waals surface area contributed by atoms with Crippen LogP contribution in [0.1, 0.15) is 6.42 Å². The summed E-state index contributed by atoms with van der Waals surface area (Å²) in [5, 5.41) is -1.95. The molecule has 4 nitrogen and oxygen atoms in total. The Morgan fingerprint density at radius 3 is 2.67 bits per heavy atom. The van der Waals surface area contributed by atoms with Crippen molar-refractivity contribution in [2.24, 2.45) is 0 Å². The number of aryl methyl sites for hydroxylation is 1. The van der Waals surface area contributed by atoms with E-state index in [1.807, 2.05) is 0 Å². The Bertz CT molecular complexity index is 681. The lowest BCUT2D eigenvalue weighted by atomic mass is 10.1. The van der Waals surface area contributed by atoms with Crippen molar-refractivity contribution in [2.45, 2.75) is 35.0 Å². The maximum atomic E-state index is 13.5. The number of hydrogen-bond donors (Lipinski definition) is 1. The summed E-state index contributed by atoms with van der Waals surface area (Å²) in [7, 11) is 0. The summed E-state index contributed by atoms with van der Waals surface area (Å²) in [6.07, 6.45) is -3.71. The topological polar surface area (TPSA) is 51.1 Å². The number of anilines is 1. The van der Waals surface area contributed by atoms with E-state index >= 15 is 0 Å². The molecule has 134 valence electrons. The lowest BCUT2D eigenvalue weighted by Gasteiger charge is -2.16. The number of alkyl halides is 5. The van der Waals surface area contributed by atoms with Crippen molar-refractivity contribution in [3.63, 3.8) is 0 Å². The zero-order valence-electron chi connectivity index (χ0n) is 11.9. The Kier molecular flexibility index (Phi) is 5.79. The SMILES string of the molecule is O=C(Nc1cc(F)c(=O)n(CCF)c1)C1CC(Cl)C(C(F)(F)F)S1. The molecule has 0 spiro atoms. The largest absolute Gasteiger partial charge is 0.402 e. The molecule has 1 aromatic rings. The average Bonchev–Trinajstić information content (AvgIpc) is 2.86. The molecule has 0 saturated carbocycles. The summed E-state index contributed by atoms with van der Waals surface area (Å²) in [6, 6.07) is 0.730. The molecular formula is C13H12ClF5N2O2S. The molecule has 1 aromatic heterocycles. The predicted molar refractivity (Wildman–Crippen MR) is 80.7 cm³/mol. The minimum absolute atomic E-state index is 0.146. The first-order chi connectivity index (χ1) is 11.1. The fraction of sp³-hybridized carbons (Fsp3) is 0.538. The molecule has 2 rings (SSSR count). The summed E-state index contributed by atoms with van der Waals surface area (Å²) in [5.41, 5.74) is -1.20. The van der Waals surface area contributed by atoms with E-state index < -0.39 is 52.6 Å². The maximum Gasteiger partial charge on any atom is 0.402 e. The molecule has 1 saturated heterocycles. The van der Waals surface area contributed by atoms with Gasteiger partial charge in [0.25, 0.3) is 5.56 Å². The minimum atomic E-state index is -4.54. The van der Waals surface area contributed by atoms with Crippen LogP contribution in [0.3, 0.4) is 0 Å². The number of thioether (sulfide) groups is 1. The second-order valence-electron chi connectivity index (χ2n) is 5.09. The monoisotopic (exact) mass is 390 g/mol. The van der Waals surface area contributed by atoms with Crippen molar-refractivity contribution in [3.8, 4) is 0 Å². The standard InChI is InChI=1S/C13H12ClF5N2O2S/c14-7-4-9(24-10(7)13(17,18)19)11(22)20-6-3-8(16)12(23)21(5-6)2-1-15/h3,5,7,9-10H,1-2,4H2,(H,20,22). The first kappa shape index (κ1) is 19.0. The Morgan fingerprint density at radius 1 is 1.46 bits per heavy atom. The van der Waals surface area contributed by atoms with Crippen molar-refractivity contribution >= 4 is 35.0 Å². The van der Waals surface area contributed by atoms with Crippen LogP contribution in [0.15, 0.2) is 17.1 Å². The molecule has 3 atom stereocenters. The van der Waals surface area contributed by atoms with Gasteiger partial charge in [-0.1, -0.05) is 0 Å². The third-order valence-corrected chi connectivity index (χ3v) is 5.53. The van der Waals surface area contributed by atoms with E-state index in [1.165, 1.54) is 0 Å². The number of amides is 1. The first-order valence-electron chi connectivity index (χ1n) is 6.76. The normalized spacial score (nSPS) is 24.2. The number of rotatable bonds is 4. The fourth-order valence-electron chi connectivity index (χ4n) is 2.24. The molecule has 24 heavy (non-hydrogen) atoms. The van der Waals surface area contributed by atoms with Gasteiger partial charge in [0.15, 0.2) is 5.82 Å². The molecule has 1 N–H and O–H groups in total. The van der Waals surface area contributed by atoms with E-state index in [-0.39, 0.29) is 12.1 Å². The number of aromatic nitrogens is 1. The van der Waals surface area contributed by atoms with Crippen LogP contribution in [-0.2, 0) is 11.3 Å². The number of hydrogen-bond acceptors (Lipinski definition) is 3. The molecule has 1 fully saturated rings. The van der Waals surface area contributed by atoms with Gasteiger partial charge in [-0.25, -0.2) is 8.78 Å². The summed E-state index contributed by atoms with van der Waals surface area (Å²) < 4.78 is 64.8. The predicted octanol–water partition coefficient (Wildman–Crippen LogP) is 2.94. The van der Waals surface area contributed by atoms with Crippen LogP contribution in [0.4, 0.5) is 27.6 Å². The fourth-order valence-corrected chi connectivity index (χ4v) is 4.14. The van der Waals surface area contributed by atoms with E-state index in [4.69, 9.17) is 11.6 Å². The van der Waals surface area contributed by atoms with Crippen molar-refractivity contribution < 1.29 is 26.7 Å². The second kappa shape index (κ2) is 7.30. The van der Waals surface area contributed by atoms with Gasteiger partial charge in [0, 0.05) is 12.3 Å². The van der Waals surface area contributed by atoms with Crippen LogP contribution < -0.4 is 10.9 Å². The van der Waals surface area contributed by atoms with Gasteiger partial charge in [0.1, 0.15) is 11.9 Å². The zero-order chi connectivity index (χ0) is 18.1. The van der Waals surface area contributed by atoms with E-state index in [1.54, 1.807) is 0 Å². The van der Waals surface area contributed by atoms with Crippen LogP contribution in [0.5, 0.6) is 0 Å². The molecule has 1 aliphatic rings. The molecule has 2 heterocycles. The van der Waals surface area contributed by atoms with Crippen LogP contribution in [0.25, 0.3) is 0 Å². The van der Waals surface area contributed by atoms with Crippen molar-refractivity contribution in [2.75, 3.05) is 12.0 Å². The second-order valence-corrected chi connectivity index (χ2v) is 7.00. The number of halogens is 6. The first-order valence-corrected chi connectivity index (χ1v) is 8.14. The summed E-state index contributed by atoms with van der Waals surface area (Å²) >= 11 is 6.03. The Hall–Kier alpha value is -1.29. The van der Waals surface area contributed by atoms with Gasteiger partial charge in [0.05, 0.1) is 22.9 Å². The van der Waals surface area contributed by atoms with E-state index in [9.17, 15) is 31.5 Å². The molecule has 11 heteroatoms. The highest BCUT2D eigenvalue weighted by atomic mass is 35.5. The number of nitrogens with zero attached hydrogens (tertiary/aromatic N) is 1. The third kappa shape index (κ3) is 4.21. The van der Waals surface area contributed by atoms with Gasteiger partial charge in [-0.15, -0.1) is 23.4 Å². The molecule has 1 amide bonds. The van der Waals surface area contributed by atoms with Gasteiger partial charge < -0.3 is 9.88 Å². The van der Waals surface area contributed by atoms with Gasteiger partial charge in [-0.2, -0.15) is 13.2 Å². The molecule has 1 aliphatic heterocycles. The Morgan fingerprint density at radius 2 is 2.12 bits per heavy atom. The van der Waals surface area contributed by atoms with Crippen LogP contribution in [0, 0.1) is 5.82 Å². The van der Waals surface area contributed by atoms with Crippen LogP contribution in [0.2, 0.25) is 0 Å². The Labute approximate surface area is 142 Å². The van der Waals surface area contributed by atoms with Gasteiger partial charge in [-0.05, 0) is 6.42 Å². The molecular weight excluding hydrogens is 379 g/mol. The minimum Gasteiger partial charge on any atom is -0.324 e. The summed E-state index contributed by atoms with van der Waals surface area (Å²) in [6.45, 7) is -1.33. The van der Waals surface area contributed by atoms with Crippen molar-refractivity contribution in [3.05, 3.63) is 28.4 Å². The lowest BCUT2D eigenvalue weighted by molar-refractivity contribution is -0.128. The van der Waals surface area contributed by atoms with Crippen LogP contribution in [-0.4, -0.2) is 39.2 Å². The Balaban J connectivity index is 2.12. The summed E-state index contributed by atoms with van der Waals surface area (Å²) in [4.78, 5) is 23.5. The van der Waals surface area contributed by atoms with Gasteiger partial charge in [-0.3, -0.25) is 9.59 Å². The number of carbonyl (C=O) groups is 1. The average molecular weight is 391 g/mol. The highest BCUT2D eigenvalue weighted by Crippen LogP contribution is 2.45. The molecule has 0 radical (unpaired) electrons. The number of carbonyl (C=O) groups excluding carboxylic acids is 1. The lowest BCUT2D eigenvalue weighted by Crippen LogP contribution is -2.30. The molecule has 0 aliphatic carbocycles. The molecule has 0 bridgehead atoms. The van der Waals surface area contributed by atoms with Crippen molar-refractivity contribution in [1.29, 1.82) is 0 Å². The quantitative estimate of drug-likeness (QED) is 0.635. The number of nitrogens with one attached hydrogen (secondary N) is 1. The van der Waals surface area contributed by atoms with Gasteiger partial charge >= 0.3 is 6.18 Å². The smallest absolute Gasteiger partial charge is 0.324 e. The molecule has 0 aromatic carbocycles. The van der Waals surface area contributed by atoms with E-state index in [2.05, 4.69) is 5.32 Å². The van der Waals surface area contributed by atoms with Gasteiger partial charge in [0.2, 0.25) is 5.91 Å². The third-order valence-electron chi connectivity index (χ3n) is 3.33. The highest BCUT2D eigenvalue weighted by Gasteiger charge is 2.52. The summed E-state index contributed by atoms with van der Waals surface area (Å²) in [5.74, 6) is -1.99. The van der Waals surface area contributed by atoms with Crippen molar-refractivity contribution in [1.82, 2.24) is 4.57 Å². The number of pyridine rings is 1. The zero-order valence-corrected chi connectivity index (χ0v) is 13.5. The van der Waals surface area contributed by atoms with E-state index in [0.29, 0.717) is 11.8 Å². The van der Waals surface area contributed by atoms with E-state index in [0.717, 1.165) is 16.8 Å². The highest BCUT2D eigenvalue weighted by molar-refractivity contribution is 8.01. The maximum absolute atomic E-state index is 13.5. The molecule has 3 unspecified atom stereocenters. The van der Waals surface area contributed by atoms with Crippen LogP contribution >= 0.6 is 23.4 Å².